The molecule has 0 saturated carbocycles. The number of amides is 2. The van der Waals surface area contributed by atoms with Crippen LogP contribution in [0.15, 0.2) is 24.3 Å². The Labute approximate surface area is 172 Å². The summed E-state index contributed by atoms with van der Waals surface area (Å²) in [6.45, 7) is 9.17. The Kier molecular flexibility index (Phi) is 7.24. The lowest BCUT2D eigenvalue weighted by Gasteiger charge is -2.41. The summed E-state index contributed by atoms with van der Waals surface area (Å²) >= 11 is 0. The van der Waals surface area contributed by atoms with E-state index in [9.17, 15) is 14.0 Å². The number of carbonyl (C=O) groups excluding carboxylic acids is 2. The quantitative estimate of drug-likeness (QED) is 0.785. The molecule has 2 aliphatic rings. The van der Waals surface area contributed by atoms with Gasteiger partial charge >= 0.3 is 0 Å². The summed E-state index contributed by atoms with van der Waals surface area (Å²) in [5, 5.41) is 3.10. The predicted octanol–water partition coefficient (Wildman–Crippen LogP) is 1.83. The molecule has 6 nitrogen and oxygen atoms in total. The van der Waals surface area contributed by atoms with Crippen molar-refractivity contribution in [2.75, 3.05) is 45.9 Å². The molecule has 0 spiro atoms. The van der Waals surface area contributed by atoms with E-state index in [0.29, 0.717) is 19.6 Å². The molecule has 0 aromatic heterocycles. The minimum absolute atomic E-state index is 0.0113. The fourth-order valence-electron chi connectivity index (χ4n) is 4.03. The Hall–Kier alpha value is -1.99. The summed E-state index contributed by atoms with van der Waals surface area (Å²) < 4.78 is 18.5. The van der Waals surface area contributed by atoms with E-state index in [1.165, 1.54) is 12.1 Å². The smallest absolute Gasteiger partial charge is 0.227 e. The predicted molar refractivity (Wildman–Crippen MR) is 109 cm³/mol. The highest BCUT2D eigenvalue weighted by atomic mass is 19.1. The van der Waals surface area contributed by atoms with Gasteiger partial charge in [-0.2, -0.15) is 0 Å². The fraction of sp³-hybridized carbons (Fsp3) is 0.636. The number of carbonyl (C=O) groups is 2. The molecule has 1 aromatic carbocycles. The second kappa shape index (κ2) is 9.67. The first-order chi connectivity index (χ1) is 13.8. The molecule has 0 aliphatic carbocycles. The van der Waals surface area contributed by atoms with E-state index < -0.39 is 0 Å². The van der Waals surface area contributed by atoms with Crippen LogP contribution >= 0.6 is 0 Å². The van der Waals surface area contributed by atoms with Crippen molar-refractivity contribution >= 4 is 11.8 Å². The summed E-state index contributed by atoms with van der Waals surface area (Å²) in [4.78, 5) is 29.5. The van der Waals surface area contributed by atoms with Gasteiger partial charge in [0, 0.05) is 38.3 Å². The first-order valence-corrected chi connectivity index (χ1v) is 10.5. The summed E-state index contributed by atoms with van der Waals surface area (Å²) in [5.41, 5.74) is 0.655. The zero-order valence-electron chi connectivity index (χ0n) is 17.5. The number of piperidine rings is 1. The molecular weight excluding hydrogens is 373 g/mol. The van der Waals surface area contributed by atoms with Gasteiger partial charge in [0.25, 0.3) is 0 Å². The minimum Gasteiger partial charge on any atom is -0.379 e. The van der Waals surface area contributed by atoms with E-state index in [2.05, 4.69) is 24.1 Å². The van der Waals surface area contributed by atoms with E-state index in [1.807, 2.05) is 0 Å². The van der Waals surface area contributed by atoms with Gasteiger partial charge in [0.1, 0.15) is 5.82 Å². The highest BCUT2D eigenvalue weighted by Crippen LogP contribution is 2.20. The van der Waals surface area contributed by atoms with Gasteiger partial charge < -0.3 is 15.0 Å². The van der Waals surface area contributed by atoms with Crippen LogP contribution in [0.5, 0.6) is 0 Å². The third-order valence-corrected chi connectivity index (χ3v) is 5.98. The number of hydrogen-bond acceptors (Lipinski definition) is 4. The zero-order chi connectivity index (χ0) is 20.9. The second-order valence-corrected chi connectivity index (χ2v) is 8.61. The SMILES string of the molecule is CC(C)(CNC(=O)C1CCCN(C(=O)Cc2ccc(F)cc2)C1)N1CCOCC1. The van der Waals surface area contributed by atoms with Crippen LogP contribution in [0.25, 0.3) is 0 Å². The van der Waals surface area contributed by atoms with E-state index in [-0.39, 0.29) is 35.5 Å². The minimum atomic E-state index is -0.309. The van der Waals surface area contributed by atoms with Gasteiger partial charge in [-0.3, -0.25) is 14.5 Å². The maximum absolute atomic E-state index is 13.0. The van der Waals surface area contributed by atoms with Crippen LogP contribution in [0.1, 0.15) is 32.3 Å². The number of nitrogens with zero attached hydrogens (tertiary/aromatic N) is 2. The number of hydrogen-bond donors (Lipinski definition) is 1. The molecule has 0 bridgehead atoms. The van der Waals surface area contributed by atoms with Crippen LogP contribution in [0, 0.1) is 11.7 Å². The Morgan fingerprint density at radius 3 is 2.55 bits per heavy atom. The number of rotatable bonds is 6. The van der Waals surface area contributed by atoms with Crippen molar-refractivity contribution in [2.24, 2.45) is 5.92 Å². The molecule has 3 rings (SSSR count). The summed E-state index contributed by atoms with van der Waals surface area (Å²) in [7, 11) is 0. The molecule has 2 saturated heterocycles. The van der Waals surface area contributed by atoms with Crippen molar-refractivity contribution < 1.29 is 18.7 Å². The standard InChI is InChI=1S/C22H32FN3O3/c1-22(2,26-10-12-29-13-11-26)16-24-21(28)18-4-3-9-25(15-18)20(27)14-17-5-7-19(23)8-6-17/h5-8,18H,3-4,9-16H2,1-2H3,(H,24,28). The number of ether oxygens (including phenoxy) is 1. The molecule has 160 valence electrons. The lowest BCUT2D eigenvalue weighted by atomic mass is 9.95. The molecule has 29 heavy (non-hydrogen) atoms. The first kappa shape index (κ1) is 21.7. The summed E-state index contributed by atoms with van der Waals surface area (Å²) in [5.74, 6) is -0.481. The average Bonchev–Trinajstić information content (AvgIpc) is 2.74. The van der Waals surface area contributed by atoms with Crippen molar-refractivity contribution in [2.45, 2.75) is 38.6 Å². The van der Waals surface area contributed by atoms with Gasteiger partial charge in [-0.1, -0.05) is 12.1 Å². The number of halogens is 1. The monoisotopic (exact) mass is 405 g/mol. The van der Waals surface area contributed by atoms with Crippen molar-refractivity contribution in [3.8, 4) is 0 Å². The van der Waals surface area contributed by atoms with Gasteiger partial charge in [-0.05, 0) is 44.4 Å². The third-order valence-electron chi connectivity index (χ3n) is 5.98. The lowest BCUT2D eigenvalue weighted by Crippen LogP contribution is -2.56. The van der Waals surface area contributed by atoms with Gasteiger partial charge in [0.05, 0.1) is 25.6 Å². The van der Waals surface area contributed by atoms with Gasteiger partial charge in [0.2, 0.25) is 11.8 Å². The largest absolute Gasteiger partial charge is 0.379 e. The average molecular weight is 406 g/mol. The maximum Gasteiger partial charge on any atom is 0.227 e. The molecule has 7 heteroatoms. The highest BCUT2D eigenvalue weighted by molar-refractivity contribution is 5.82. The molecule has 0 radical (unpaired) electrons. The van der Waals surface area contributed by atoms with Crippen LogP contribution in [0.4, 0.5) is 4.39 Å². The zero-order valence-corrected chi connectivity index (χ0v) is 17.5. The van der Waals surface area contributed by atoms with Crippen LogP contribution in [0.3, 0.4) is 0 Å². The molecule has 1 N–H and O–H groups in total. The van der Waals surface area contributed by atoms with E-state index >= 15 is 0 Å². The Bertz CT molecular complexity index is 702. The van der Waals surface area contributed by atoms with Gasteiger partial charge in [0.15, 0.2) is 0 Å². The van der Waals surface area contributed by atoms with Crippen molar-refractivity contribution in [1.29, 1.82) is 0 Å². The molecule has 2 heterocycles. The molecule has 1 aromatic rings. The molecular formula is C22H32FN3O3. The molecule has 2 amide bonds. The van der Waals surface area contributed by atoms with Gasteiger partial charge in [-0.15, -0.1) is 0 Å². The molecule has 2 aliphatic heterocycles. The maximum atomic E-state index is 13.0. The van der Waals surface area contributed by atoms with E-state index in [1.54, 1.807) is 17.0 Å². The van der Waals surface area contributed by atoms with Crippen LogP contribution in [0.2, 0.25) is 0 Å². The third kappa shape index (κ3) is 6.00. The molecule has 2 fully saturated rings. The Balaban J connectivity index is 1.49. The number of likely N-dealkylation sites (tertiary alicyclic amines) is 1. The second-order valence-electron chi connectivity index (χ2n) is 8.61. The molecule has 1 unspecified atom stereocenters. The topological polar surface area (TPSA) is 61.9 Å². The van der Waals surface area contributed by atoms with E-state index in [0.717, 1.165) is 44.7 Å². The van der Waals surface area contributed by atoms with Gasteiger partial charge in [-0.25, -0.2) is 4.39 Å². The van der Waals surface area contributed by atoms with Crippen LogP contribution in [-0.2, 0) is 20.7 Å². The number of benzene rings is 1. The van der Waals surface area contributed by atoms with Crippen LogP contribution < -0.4 is 5.32 Å². The summed E-state index contributed by atoms with van der Waals surface area (Å²) in [6.07, 6.45) is 1.85. The van der Waals surface area contributed by atoms with Crippen molar-refractivity contribution in [3.63, 3.8) is 0 Å². The number of morpholine rings is 1. The molecule has 1 atom stereocenters. The highest BCUT2D eigenvalue weighted by Gasteiger charge is 2.32. The lowest BCUT2D eigenvalue weighted by molar-refractivity contribution is -0.135. The van der Waals surface area contributed by atoms with Crippen LogP contribution in [-0.4, -0.2) is 73.1 Å². The number of nitrogens with one attached hydrogen (secondary N) is 1. The Morgan fingerprint density at radius 1 is 1.17 bits per heavy atom. The summed E-state index contributed by atoms with van der Waals surface area (Å²) in [6, 6.07) is 6.00. The fourth-order valence-corrected chi connectivity index (χ4v) is 4.03. The van der Waals surface area contributed by atoms with Crippen molar-refractivity contribution in [1.82, 2.24) is 15.1 Å². The Morgan fingerprint density at radius 2 is 1.86 bits per heavy atom. The first-order valence-electron chi connectivity index (χ1n) is 10.5. The van der Waals surface area contributed by atoms with E-state index in [4.69, 9.17) is 4.74 Å². The van der Waals surface area contributed by atoms with Crippen molar-refractivity contribution in [3.05, 3.63) is 35.6 Å². The normalized spacial score (nSPS) is 21.1.